The van der Waals surface area contributed by atoms with Crippen molar-refractivity contribution in [2.24, 2.45) is 0 Å². The molecule has 3 rings (SSSR count). The Balaban J connectivity index is 1.76. The third kappa shape index (κ3) is 2.54. The summed E-state index contributed by atoms with van der Waals surface area (Å²) in [6.45, 7) is 3.35. The normalized spacial score (nSPS) is 24.1. The van der Waals surface area contributed by atoms with E-state index in [9.17, 15) is 0 Å². The van der Waals surface area contributed by atoms with Crippen molar-refractivity contribution < 1.29 is 0 Å². The first-order chi connectivity index (χ1) is 8.86. The second-order valence-electron chi connectivity index (χ2n) is 5.31. The van der Waals surface area contributed by atoms with Gasteiger partial charge >= 0.3 is 0 Å². The van der Waals surface area contributed by atoms with Crippen molar-refractivity contribution in [1.82, 2.24) is 15.2 Å². The minimum absolute atomic E-state index is 0.574. The van der Waals surface area contributed by atoms with Crippen LogP contribution >= 0.6 is 0 Å². The van der Waals surface area contributed by atoms with Gasteiger partial charge in [0, 0.05) is 18.6 Å². The zero-order chi connectivity index (χ0) is 12.4. The Morgan fingerprint density at radius 2 is 2.22 bits per heavy atom. The first kappa shape index (κ1) is 11.7. The summed E-state index contributed by atoms with van der Waals surface area (Å²) in [6, 6.07) is 1.19. The summed E-state index contributed by atoms with van der Waals surface area (Å²) in [5.74, 6) is 1.68. The van der Waals surface area contributed by atoms with Crippen LogP contribution in [0.25, 0.3) is 0 Å². The number of piperidine rings is 1. The van der Waals surface area contributed by atoms with E-state index in [1.807, 2.05) is 0 Å². The molecule has 98 valence electrons. The fourth-order valence-electron chi connectivity index (χ4n) is 2.63. The smallest absolute Gasteiger partial charge is 0.244 e. The fourth-order valence-corrected chi connectivity index (χ4v) is 2.63. The number of aromatic nitrogens is 3. The Morgan fingerprint density at radius 1 is 1.33 bits per heavy atom. The lowest BCUT2D eigenvalue weighted by molar-refractivity contribution is 0.446. The molecule has 0 bridgehead atoms. The molecule has 0 aromatic carbocycles. The van der Waals surface area contributed by atoms with Crippen LogP contribution in [0, 0.1) is 0 Å². The summed E-state index contributed by atoms with van der Waals surface area (Å²) in [5, 5.41) is 11.5. The molecule has 1 aromatic rings. The van der Waals surface area contributed by atoms with E-state index in [-0.39, 0.29) is 0 Å². The summed E-state index contributed by atoms with van der Waals surface area (Å²) in [6.07, 6.45) is 9.30. The summed E-state index contributed by atoms with van der Waals surface area (Å²) in [4.78, 5) is 7.02. The Labute approximate surface area is 108 Å². The van der Waals surface area contributed by atoms with Crippen molar-refractivity contribution in [2.75, 3.05) is 16.8 Å². The molecule has 0 amide bonds. The van der Waals surface area contributed by atoms with Gasteiger partial charge in [0.2, 0.25) is 5.95 Å². The summed E-state index contributed by atoms with van der Waals surface area (Å²) in [5.41, 5.74) is 0. The van der Waals surface area contributed by atoms with Gasteiger partial charge in [-0.15, -0.1) is 5.10 Å². The summed E-state index contributed by atoms with van der Waals surface area (Å²) in [7, 11) is 0. The average molecular weight is 247 g/mol. The maximum absolute atomic E-state index is 4.62. The standard InChI is InChI=1S/C13H21N5/c1-2-11-5-3-4-8-18(11)12-9-14-17-13(16-12)15-10-6-7-10/h9-11H,2-8H2,1H3,(H,15,16,17). The minimum atomic E-state index is 0.574. The van der Waals surface area contributed by atoms with Crippen LogP contribution in [0.15, 0.2) is 6.20 Å². The van der Waals surface area contributed by atoms with Crippen molar-refractivity contribution in [3.63, 3.8) is 0 Å². The van der Waals surface area contributed by atoms with Crippen molar-refractivity contribution in [3.8, 4) is 0 Å². The van der Waals surface area contributed by atoms with Gasteiger partial charge in [0.15, 0.2) is 5.82 Å². The van der Waals surface area contributed by atoms with Gasteiger partial charge in [0.1, 0.15) is 0 Å². The van der Waals surface area contributed by atoms with Crippen LogP contribution < -0.4 is 10.2 Å². The van der Waals surface area contributed by atoms with Gasteiger partial charge in [-0.25, -0.2) is 0 Å². The van der Waals surface area contributed by atoms with Gasteiger partial charge in [-0.2, -0.15) is 10.1 Å². The van der Waals surface area contributed by atoms with Crippen molar-refractivity contribution in [1.29, 1.82) is 0 Å². The van der Waals surface area contributed by atoms with Gasteiger partial charge in [-0.1, -0.05) is 6.92 Å². The number of rotatable bonds is 4. The monoisotopic (exact) mass is 247 g/mol. The third-order valence-electron chi connectivity index (χ3n) is 3.85. The second kappa shape index (κ2) is 5.08. The SMILES string of the molecule is CCC1CCCCN1c1cnnc(NC2CC2)n1. The summed E-state index contributed by atoms with van der Waals surface area (Å²) < 4.78 is 0. The number of hydrogen-bond acceptors (Lipinski definition) is 5. The molecular formula is C13H21N5. The van der Waals surface area contributed by atoms with E-state index in [4.69, 9.17) is 0 Å². The topological polar surface area (TPSA) is 53.9 Å². The van der Waals surface area contributed by atoms with Crippen LogP contribution in [0.3, 0.4) is 0 Å². The van der Waals surface area contributed by atoms with Gasteiger partial charge < -0.3 is 10.2 Å². The number of nitrogens with zero attached hydrogens (tertiary/aromatic N) is 4. The molecule has 5 heteroatoms. The first-order valence-corrected chi connectivity index (χ1v) is 7.09. The molecule has 1 saturated heterocycles. The molecule has 0 spiro atoms. The molecule has 5 nitrogen and oxygen atoms in total. The zero-order valence-electron chi connectivity index (χ0n) is 11.0. The predicted molar refractivity (Wildman–Crippen MR) is 71.7 cm³/mol. The highest BCUT2D eigenvalue weighted by atomic mass is 15.3. The largest absolute Gasteiger partial charge is 0.352 e. The van der Waals surface area contributed by atoms with Crippen LogP contribution in [0.2, 0.25) is 0 Å². The lowest BCUT2D eigenvalue weighted by Crippen LogP contribution is -2.39. The lowest BCUT2D eigenvalue weighted by atomic mass is 10.0. The highest BCUT2D eigenvalue weighted by Gasteiger charge is 2.25. The fraction of sp³-hybridized carbons (Fsp3) is 0.769. The molecule has 1 aliphatic carbocycles. The van der Waals surface area contributed by atoms with E-state index in [1.165, 1.54) is 38.5 Å². The number of nitrogens with one attached hydrogen (secondary N) is 1. The molecule has 1 aliphatic heterocycles. The lowest BCUT2D eigenvalue weighted by Gasteiger charge is -2.35. The van der Waals surface area contributed by atoms with E-state index >= 15 is 0 Å². The van der Waals surface area contributed by atoms with Gasteiger partial charge in [-0.3, -0.25) is 0 Å². The first-order valence-electron chi connectivity index (χ1n) is 7.09. The van der Waals surface area contributed by atoms with E-state index in [2.05, 4.69) is 32.3 Å². The average Bonchev–Trinajstić information content (AvgIpc) is 3.23. The van der Waals surface area contributed by atoms with Crippen LogP contribution in [0.5, 0.6) is 0 Å². The predicted octanol–water partition coefficient (Wildman–Crippen LogP) is 2.21. The van der Waals surface area contributed by atoms with Crippen LogP contribution in [-0.2, 0) is 0 Å². The molecule has 2 fully saturated rings. The van der Waals surface area contributed by atoms with Crippen LogP contribution in [0.4, 0.5) is 11.8 Å². The Morgan fingerprint density at radius 3 is 3.00 bits per heavy atom. The molecule has 0 radical (unpaired) electrons. The Hall–Kier alpha value is -1.39. The highest BCUT2D eigenvalue weighted by molar-refractivity contribution is 5.42. The van der Waals surface area contributed by atoms with Crippen molar-refractivity contribution in [2.45, 2.75) is 57.5 Å². The molecule has 2 heterocycles. The third-order valence-corrected chi connectivity index (χ3v) is 3.85. The second-order valence-corrected chi connectivity index (χ2v) is 5.31. The molecule has 1 saturated carbocycles. The zero-order valence-corrected chi connectivity index (χ0v) is 11.0. The van der Waals surface area contributed by atoms with Gasteiger partial charge in [0.05, 0.1) is 6.20 Å². The Kier molecular flexibility index (Phi) is 3.30. The van der Waals surface area contributed by atoms with E-state index in [1.54, 1.807) is 6.20 Å². The van der Waals surface area contributed by atoms with Gasteiger partial charge in [0.25, 0.3) is 0 Å². The molecule has 1 atom stereocenters. The molecule has 1 aromatic heterocycles. The number of anilines is 2. The molecule has 1 N–H and O–H groups in total. The minimum Gasteiger partial charge on any atom is -0.352 e. The maximum Gasteiger partial charge on any atom is 0.244 e. The van der Waals surface area contributed by atoms with Gasteiger partial charge in [-0.05, 0) is 38.5 Å². The van der Waals surface area contributed by atoms with E-state index in [0.717, 1.165) is 12.4 Å². The molecule has 18 heavy (non-hydrogen) atoms. The molecule has 2 aliphatic rings. The quantitative estimate of drug-likeness (QED) is 0.884. The highest BCUT2D eigenvalue weighted by Crippen LogP contribution is 2.26. The van der Waals surface area contributed by atoms with Crippen molar-refractivity contribution in [3.05, 3.63) is 6.20 Å². The van der Waals surface area contributed by atoms with E-state index < -0.39 is 0 Å². The van der Waals surface area contributed by atoms with Crippen LogP contribution in [0.1, 0.15) is 45.4 Å². The van der Waals surface area contributed by atoms with Crippen LogP contribution in [-0.4, -0.2) is 33.8 Å². The maximum atomic E-state index is 4.62. The summed E-state index contributed by atoms with van der Waals surface area (Å²) >= 11 is 0. The number of hydrogen-bond donors (Lipinski definition) is 1. The Bertz CT molecular complexity index is 404. The molecular weight excluding hydrogens is 226 g/mol. The molecule has 1 unspecified atom stereocenters. The van der Waals surface area contributed by atoms with E-state index in [0.29, 0.717) is 18.0 Å². The van der Waals surface area contributed by atoms with Crippen molar-refractivity contribution >= 4 is 11.8 Å².